The van der Waals surface area contributed by atoms with Gasteiger partial charge in [-0.1, -0.05) is 54.6 Å². The van der Waals surface area contributed by atoms with Gasteiger partial charge in [0.25, 0.3) is 0 Å². The van der Waals surface area contributed by atoms with E-state index in [-0.39, 0.29) is 5.78 Å². The molecule has 0 saturated heterocycles. The Balaban J connectivity index is 2.27. The molecule has 0 aliphatic rings. The quantitative estimate of drug-likeness (QED) is 0.487. The highest BCUT2D eigenvalue weighted by molar-refractivity contribution is 6.11. The lowest BCUT2D eigenvalue weighted by atomic mass is 9.84. The summed E-state index contributed by atoms with van der Waals surface area (Å²) in [4.78, 5) is 24.1. The monoisotopic (exact) mass is 282 g/mol. The molecule has 0 radical (unpaired) electrons. The lowest BCUT2D eigenvalue weighted by molar-refractivity contribution is -0.147. The summed E-state index contributed by atoms with van der Waals surface area (Å²) in [5.74, 6) is -0.770. The highest BCUT2D eigenvalue weighted by Gasteiger charge is 2.37. The molecule has 21 heavy (non-hydrogen) atoms. The zero-order valence-electron chi connectivity index (χ0n) is 12.4. The van der Waals surface area contributed by atoms with E-state index in [2.05, 4.69) is 0 Å². The first kappa shape index (κ1) is 15.0. The number of hydrogen-bond acceptors (Lipinski definition) is 3. The van der Waals surface area contributed by atoms with E-state index in [1.165, 1.54) is 7.11 Å². The molecule has 0 unspecified atom stereocenters. The number of Topliss-reactive ketones (excluding diaryl/α,β-unsaturated/α-hetero) is 1. The lowest BCUT2D eigenvalue weighted by Crippen LogP contribution is -2.34. The van der Waals surface area contributed by atoms with Crippen molar-refractivity contribution in [2.45, 2.75) is 13.8 Å². The van der Waals surface area contributed by atoms with Gasteiger partial charge >= 0.3 is 5.97 Å². The first-order chi connectivity index (χ1) is 9.96. The Bertz CT molecular complexity index is 640. The van der Waals surface area contributed by atoms with Crippen molar-refractivity contribution in [3.8, 4) is 11.1 Å². The maximum Gasteiger partial charge on any atom is 0.319 e. The molecule has 0 N–H and O–H groups in total. The SMILES string of the molecule is COC(=O)C(C)(C)C(=O)c1ccc(-c2ccccc2)cc1. The van der Waals surface area contributed by atoms with E-state index in [1.807, 2.05) is 42.5 Å². The van der Waals surface area contributed by atoms with Crippen molar-refractivity contribution in [2.24, 2.45) is 5.41 Å². The minimum absolute atomic E-state index is 0.242. The summed E-state index contributed by atoms with van der Waals surface area (Å²) >= 11 is 0. The maximum atomic E-state index is 12.4. The highest BCUT2D eigenvalue weighted by Crippen LogP contribution is 2.25. The molecule has 108 valence electrons. The van der Waals surface area contributed by atoms with E-state index in [0.717, 1.165) is 11.1 Å². The molecular weight excluding hydrogens is 264 g/mol. The van der Waals surface area contributed by atoms with Gasteiger partial charge in [0, 0.05) is 5.56 Å². The van der Waals surface area contributed by atoms with Crippen LogP contribution in [0, 0.1) is 5.41 Å². The number of hydrogen-bond donors (Lipinski definition) is 0. The molecular formula is C18H18O3. The number of ketones is 1. The molecule has 0 saturated carbocycles. The van der Waals surface area contributed by atoms with Gasteiger partial charge in [0.1, 0.15) is 5.41 Å². The maximum absolute atomic E-state index is 12.4. The van der Waals surface area contributed by atoms with Gasteiger partial charge in [-0.25, -0.2) is 0 Å². The predicted molar refractivity (Wildman–Crippen MR) is 82.0 cm³/mol. The van der Waals surface area contributed by atoms with Crippen LogP contribution in [0.2, 0.25) is 0 Å². The van der Waals surface area contributed by atoms with Crippen LogP contribution in [0.4, 0.5) is 0 Å². The largest absolute Gasteiger partial charge is 0.468 e. The van der Waals surface area contributed by atoms with Crippen LogP contribution in [-0.4, -0.2) is 18.9 Å². The second-order valence-electron chi connectivity index (χ2n) is 5.39. The molecule has 0 spiro atoms. The molecule has 0 aliphatic heterocycles. The molecule has 3 heteroatoms. The molecule has 2 rings (SSSR count). The van der Waals surface area contributed by atoms with E-state index < -0.39 is 11.4 Å². The fourth-order valence-electron chi connectivity index (χ4n) is 2.15. The summed E-state index contributed by atoms with van der Waals surface area (Å²) in [6, 6.07) is 17.2. The van der Waals surface area contributed by atoms with E-state index in [4.69, 9.17) is 4.74 Å². The summed E-state index contributed by atoms with van der Waals surface area (Å²) in [6.07, 6.45) is 0. The second kappa shape index (κ2) is 5.92. The molecule has 0 aromatic heterocycles. The van der Waals surface area contributed by atoms with Gasteiger partial charge in [-0.05, 0) is 25.0 Å². The summed E-state index contributed by atoms with van der Waals surface area (Å²) in [7, 11) is 1.29. The zero-order chi connectivity index (χ0) is 15.5. The number of esters is 1. The second-order valence-corrected chi connectivity index (χ2v) is 5.39. The smallest absolute Gasteiger partial charge is 0.319 e. The number of ether oxygens (including phenoxy) is 1. The lowest BCUT2D eigenvalue weighted by Gasteiger charge is -2.20. The number of carbonyl (C=O) groups is 2. The van der Waals surface area contributed by atoms with Crippen LogP contribution in [0.5, 0.6) is 0 Å². The average Bonchev–Trinajstić information content (AvgIpc) is 2.54. The highest BCUT2D eigenvalue weighted by atomic mass is 16.5. The Morgan fingerprint density at radius 1 is 0.857 bits per heavy atom. The molecule has 3 nitrogen and oxygen atoms in total. The number of benzene rings is 2. The minimum atomic E-state index is -1.18. The van der Waals surface area contributed by atoms with E-state index in [9.17, 15) is 9.59 Å². The summed E-state index contributed by atoms with van der Waals surface area (Å²) in [6.45, 7) is 3.15. The van der Waals surface area contributed by atoms with Gasteiger partial charge < -0.3 is 4.74 Å². The fraction of sp³-hybridized carbons (Fsp3) is 0.222. The van der Waals surface area contributed by atoms with E-state index in [1.54, 1.807) is 26.0 Å². The third-order valence-electron chi connectivity index (χ3n) is 3.52. The third kappa shape index (κ3) is 3.02. The van der Waals surface area contributed by atoms with Crippen LogP contribution in [-0.2, 0) is 9.53 Å². The topological polar surface area (TPSA) is 43.4 Å². The van der Waals surface area contributed by atoms with Crippen molar-refractivity contribution in [3.63, 3.8) is 0 Å². The van der Waals surface area contributed by atoms with Crippen LogP contribution in [0.15, 0.2) is 54.6 Å². The summed E-state index contributed by atoms with van der Waals surface area (Å²) in [5, 5.41) is 0. The molecule has 2 aromatic rings. The summed E-state index contributed by atoms with van der Waals surface area (Å²) < 4.78 is 4.69. The Hall–Kier alpha value is -2.42. The Morgan fingerprint density at radius 2 is 1.38 bits per heavy atom. The van der Waals surface area contributed by atoms with Gasteiger partial charge in [0.05, 0.1) is 7.11 Å². The third-order valence-corrected chi connectivity index (χ3v) is 3.52. The first-order valence-electron chi connectivity index (χ1n) is 6.75. The van der Waals surface area contributed by atoms with Crippen LogP contribution in [0.3, 0.4) is 0 Å². The van der Waals surface area contributed by atoms with Crippen molar-refractivity contribution in [1.82, 2.24) is 0 Å². The van der Waals surface area contributed by atoms with Crippen LogP contribution >= 0.6 is 0 Å². The van der Waals surface area contributed by atoms with Crippen molar-refractivity contribution < 1.29 is 14.3 Å². The van der Waals surface area contributed by atoms with Gasteiger partial charge in [0.15, 0.2) is 5.78 Å². The Morgan fingerprint density at radius 3 is 1.90 bits per heavy atom. The Kier molecular flexibility index (Phi) is 4.22. The standard InChI is InChI=1S/C18H18O3/c1-18(2,17(20)21-3)16(19)15-11-9-14(10-12-15)13-7-5-4-6-8-13/h4-12H,1-3H3. The predicted octanol–water partition coefficient (Wildman–Crippen LogP) is 3.74. The average molecular weight is 282 g/mol. The molecule has 0 atom stereocenters. The molecule has 0 fully saturated rings. The van der Waals surface area contributed by atoms with Crippen LogP contribution in [0.25, 0.3) is 11.1 Å². The van der Waals surface area contributed by atoms with Crippen molar-refractivity contribution in [1.29, 1.82) is 0 Å². The molecule has 2 aromatic carbocycles. The minimum Gasteiger partial charge on any atom is -0.468 e. The first-order valence-corrected chi connectivity index (χ1v) is 6.75. The number of carbonyl (C=O) groups excluding carboxylic acids is 2. The fourth-order valence-corrected chi connectivity index (χ4v) is 2.15. The van der Waals surface area contributed by atoms with Crippen LogP contribution < -0.4 is 0 Å². The number of methoxy groups -OCH3 is 1. The van der Waals surface area contributed by atoms with E-state index in [0.29, 0.717) is 5.56 Å². The van der Waals surface area contributed by atoms with Crippen molar-refractivity contribution in [3.05, 3.63) is 60.2 Å². The van der Waals surface area contributed by atoms with Crippen molar-refractivity contribution in [2.75, 3.05) is 7.11 Å². The zero-order valence-corrected chi connectivity index (χ0v) is 12.4. The van der Waals surface area contributed by atoms with Gasteiger partial charge in [-0.3, -0.25) is 9.59 Å². The Labute approximate surface area is 124 Å². The molecule has 0 heterocycles. The van der Waals surface area contributed by atoms with Gasteiger partial charge in [-0.15, -0.1) is 0 Å². The number of rotatable bonds is 4. The molecule has 0 amide bonds. The van der Waals surface area contributed by atoms with E-state index >= 15 is 0 Å². The van der Waals surface area contributed by atoms with Gasteiger partial charge in [0.2, 0.25) is 0 Å². The summed E-state index contributed by atoms with van der Waals surface area (Å²) in [5.41, 5.74) is 1.44. The van der Waals surface area contributed by atoms with Crippen molar-refractivity contribution >= 4 is 11.8 Å². The molecule has 0 bridgehead atoms. The molecule has 0 aliphatic carbocycles. The normalized spacial score (nSPS) is 11.0. The van der Waals surface area contributed by atoms with Gasteiger partial charge in [-0.2, -0.15) is 0 Å². The van der Waals surface area contributed by atoms with Crippen LogP contribution in [0.1, 0.15) is 24.2 Å².